The van der Waals surface area contributed by atoms with Gasteiger partial charge in [0.2, 0.25) is 5.91 Å². The van der Waals surface area contributed by atoms with E-state index in [0.29, 0.717) is 26.2 Å². The Morgan fingerprint density at radius 3 is 2.44 bits per heavy atom. The van der Waals surface area contributed by atoms with Gasteiger partial charge in [-0.3, -0.25) is 9.69 Å². The Kier molecular flexibility index (Phi) is 7.44. The maximum Gasteiger partial charge on any atom is 0.234 e. The van der Waals surface area contributed by atoms with E-state index in [9.17, 15) is 4.79 Å². The summed E-state index contributed by atoms with van der Waals surface area (Å²) < 4.78 is 10.3. The highest BCUT2D eigenvalue weighted by Gasteiger charge is 2.07. The summed E-state index contributed by atoms with van der Waals surface area (Å²) >= 11 is 0. The third-order valence-corrected chi connectivity index (χ3v) is 3.82. The molecule has 0 saturated carbocycles. The van der Waals surface area contributed by atoms with E-state index < -0.39 is 0 Å². The molecule has 5 heteroatoms. The minimum atomic E-state index is 0.00755. The van der Waals surface area contributed by atoms with Gasteiger partial charge >= 0.3 is 0 Å². The SMILES string of the molecule is COCc1cccc(CNC(=O)CN(C)Cc2ccc(OC)cc2)c1. The minimum absolute atomic E-state index is 0.00755. The number of carbonyl (C=O) groups is 1. The largest absolute Gasteiger partial charge is 0.497 e. The van der Waals surface area contributed by atoms with E-state index in [4.69, 9.17) is 9.47 Å². The second-order valence-corrected chi connectivity index (χ2v) is 6.05. The molecule has 0 aromatic heterocycles. The number of rotatable bonds is 9. The number of hydrogen-bond acceptors (Lipinski definition) is 4. The molecule has 0 aliphatic heterocycles. The quantitative estimate of drug-likeness (QED) is 0.761. The summed E-state index contributed by atoms with van der Waals surface area (Å²) in [7, 11) is 5.26. The first-order valence-corrected chi connectivity index (χ1v) is 8.25. The Labute approximate surface area is 149 Å². The van der Waals surface area contributed by atoms with E-state index in [-0.39, 0.29) is 5.91 Å². The lowest BCUT2D eigenvalue weighted by atomic mass is 10.1. The normalized spacial score (nSPS) is 10.7. The van der Waals surface area contributed by atoms with Crippen molar-refractivity contribution in [2.24, 2.45) is 0 Å². The first-order valence-electron chi connectivity index (χ1n) is 8.25. The van der Waals surface area contributed by atoms with Gasteiger partial charge < -0.3 is 14.8 Å². The van der Waals surface area contributed by atoms with Gasteiger partial charge in [0, 0.05) is 20.2 Å². The van der Waals surface area contributed by atoms with Gasteiger partial charge in [0.25, 0.3) is 0 Å². The molecule has 0 aliphatic rings. The summed E-state index contributed by atoms with van der Waals surface area (Å²) in [6.45, 7) is 2.16. The average molecular weight is 342 g/mol. The van der Waals surface area contributed by atoms with Crippen LogP contribution in [-0.4, -0.2) is 38.6 Å². The van der Waals surface area contributed by atoms with E-state index in [2.05, 4.69) is 5.32 Å². The fourth-order valence-electron chi connectivity index (χ4n) is 2.60. The number of nitrogens with zero attached hydrogens (tertiary/aromatic N) is 1. The molecule has 0 aliphatic carbocycles. The van der Waals surface area contributed by atoms with Crippen molar-refractivity contribution in [1.29, 1.82) is 0 Å². The van der Waals surface area contributed by atoms with Crippen LogP contribution in [0.3, 0.4) is 0 Å². The lowest BCUT2D eigenvalue weighted by Gasteiger charge is -2.16. The summed E-state index contributed by atoms with van der Waals surface area (Å²) in [6.07, 6.45) is 0. The predicted molar refractivity (Wildman–Crippen MR) is 98.3 cm³/mol. The van der Waals surface area contributed by atoms with Crippen molar-refractivity contribution in [3.05, 3.63) is 65.2 Å². The van der Waals surface area contributed by atoms with Gasteiger partial charge in [0.05, 0.1) is 20.3 Å². The van der Waals surface area contributed by atoms with Crippen LogP contribution in [0.1, 0.15) is 16.7 Å². The Morgan fingerprint density at radius 1 is 1.04 bits per heavy atom. The summed E-state index contributed by atoms with van der Waals surface area (Å²) in [5, 5.41) is 2.96. The van der Waals surface area contributed by atoms with Gasteiger partial charge in [0.15, 0.2) is 0 Å². The molecule has 0 unspecified atom stereocenters. The van der Waals surface area contributed by atoms with E-state index in [1.807, 2.05) is 60.5 Å². The number of carbonyl (C=O) groups excluding carboxylic acids is 1. The fourth-order valence-corrected chi connectivity index (χ4v) is 2.60. The van der Waals surface area contributed by atoms with E-state index in [1.54, 1.807) is 14.2 Å². The number of hydrogen-bond donors (Lipinski definition) is 1. The Morgan fingerprint density at radius 2 is 1.76 bits per heavy atom. The second-order valence-electron chi connectivity index (χ2n) is 6.05. The highest BCUT2D eigenvalue weighted by Crippen LogP contribution is 2.12. The molecular formula is C20H26N2O3. The Balaban J connectivity index is 1.77. The summed E-state index contributed by atoms with van der Waals surface area (Å²) in [5.41, 5.74) is 3.31. The first kappa shape index (κ1) is 19.0. The molecule has 0 spiro atoms. The van der Waals surface area contributed by atoms with Crippen molar-refractivity contribution in [3.63, 3.8) is 0 Å². The zero-order chi connectivity index (χ0) is 18.1. The van der Waals surface area contributed by atoms with Gasteiger partial charge in [-0.15, -0.1) is 0 Å². The van der Waals surface area contributed by atoms with Crippen molar-refractivity contribution < 1.29 is 14.3 Å². The van der Waals surface area contributed by atoms with Crippen LogP contribution in [-0.2, 0) is 29.2 Å². The molecule has 0 atom stereocenters. The van der Waals surface area contributed by atoms with Crippen LogP contribution in [0.5, 0.6) is 5.75 Å². The lowest BCUT2D eigenvalue weighted by molar-refractivity contribution is -0.122. The molecule has 2 rings (SSSR count). The number of likely N-dealkylation sites (N-methyl/N-ethyl adjacent to an activating group) is 1. The van der Waals surface area contributed by atoms with Crippen molar-refractivity contribution in [2.45, 2.75) is 19.7 Å². The maximum absolute atomic E-state index is 12.1. The van der Waals surface area contributed by atoms with Crippen LogP contribution in [0.2, 0.25) is 0 Å². The molecule has 0 bridgehead atoms. The predicted octanol–water partition coefficient (Wildman–Crippen LogP) is 2.59. The molecule has 1 N–H and O–H groups in total. The van der Waals surface area contributed by atoms with Crippen molar-refractivity contribution in [3.8, 4) is 5.75 Å². The number of amides is 1. The maximum atomic E-state index is 12.1. The summed E-state index contributed by atoms with van der Waals surface area (Å²) in [4.78, 5) is 14.1. The smallest absolute Gasteiger partial charge is 0.234 e. The standard InChI is InChI=1S/C20H26N2O3/c1-22(13-16-7-9-19(25-3)10-8-16)14-20(23)21-12-17-5-4-6-18(11-17)15-24-2/h4-11H,12-15H2,1-3H3,(H,21,23). The third-order valence-electron chi connectivity index (χ3n) is 3.82. The summed E-state index contributed by atoms with van der Waals surface area (Å²) in [6, 6.07) is 15.9. The zero-order valence-electron chi connectivity index (χ0n) is 15.1. The zero-order valence-corrected chi connectivity index (χ0v) is 15.1. The molecule has 0 fully saturated rings. The number of benzene rings is 2. The lowest BCUT2D eigenvalue weighted by Crippen LogP contribution is -2.34. The third kappa shape index (κ3) is 6.57. The Hall–Kier alpha value is -2.37. The fraction of sp³-hybridized carbons (Fsp3) is 0.350. The van der Waals surface area contributed by atoms with Gasteiger partial charge in [-0.2, -0.15) is 0 Å². The molecule has 2 aromatic carbocycles. The van der Waals surface area contributed by atoms with E-state index in [0.717, 1.165) is 22.4 Å². The van der Waals surface area contributed by atoms with Crippen LogP contribution in [0.25, 0.3) is 0 Å². The minimum Gasteiger partial charge on any atom is -0.497 e. The van der Waals surface area contributed by atoms with Crippen LogP contribution >= 0.6 is 0 Å². The molecule has 134 valence electrons. The van der Waals surface area contributed by atoms with Crippen molar-refractivity contribution in [1.82, 2.24) is 10.2 Å². The van der Waals surface area contributed by atoms with Crippen LogP contribution in [0.4, 0.5) is 0 Å². The summed E-state index contributed by atoms with van der Waals surface area (Å²) in [5.74, 6) is 0.841. The monoisotopic (exact) mass is 342 g/mol. The van der Waals surface area contributed by atoms with Crippen molar-refractivity contribution >= 4 is 5.91 Å². The van der Waals surface area contributed by atoms with Crippen LogP contribution in [0, 0.1) is 0 Å². The van der Waals surface area contributed by atoms with E-state index >= 15 is 0 Å². The van der Waals surface area contributed by atoms with Gasteiger partial charge in [-0.25, -0.2) is 0 Å². The molecule has 25 heavy (non-hydrogen) atoms. The highest BCUT2D eigenvalue weighted by molar-refractivity contribution is 5.77. The Bertz CT molecular complexity index is 671. The van der Waals surface area contributed by atoms with Crippen LogP contribution < -0.4 is 10.1 Å². The molecule has 0 saturated heterocycles. The molecule has 2 aromatic rings. The highest BCUT2D eigenvalue weighted by atomic mass is 16.5. The van der Waals surface area contributed by atoms with Crippen molar-refractivity contribution in [2.75, 3.05) is 27.8 Å². The van der Waals surface area contributed by atoms with Gasteiger partial charge in [0.1, 0.15) is 5.75 Å². The van der Waals surface area contributed by atoms with Gasteiger partial charge in [-0.1, -0.05) is 36.4 Å². The number of methoxy groups -OCH3 is 2. The average Bonchev–Trinajstić information content (AvgIpc) is 2.61. The first-order chi connectivity index (χ1) is 12.1. The van der Waals surface area contributed by atoms with Gasteiger partial charge in [-0.05, 0) is 35.9 Å². The van der Waals surface area contributed by atoms with E-state index in [1.165, 1.54) is 0 Å². The molecule has 0 heterocycles. The molecule has 5 nitrogen and oxygen atoms in total. The number of ether oxygens (including phenoxy) is 2. The molecular weight excluding hydrogens is 316 g/mol. The number of nitrogens with one attached hydrogen (secondary N) is 1. The molecule has 1 amide bonds. The van der Waals surface area contributed by atoms with Crippen LogP contribution in [0.15, 0.2) is 48.5 Å². The second kappa shape index (κ2) is 9.81. The molecule has 0 radical (unpaired) electrons. The topological polar surface area (TPSA) is 50.8 Å².